The Bertz CT molecular complexity index is 1740. The molecule has 3 fully saturated rings. The molecule has 246 valence electrons. The van der Waals surface area contributed by atoms with Crippen molar-refractivity contribution in [3.63, 3.8) is 0 Å². The molecule has 2 aromatic heterocycles. The third-order valence-corrected chi connectivity index (χ3v) is 8.71. The number of hydrogen-bond acceptors (Lipinski definition) is 7. The van der Waals surface area contributed by atoms with Crippen molar-refractivity contribution in [1.82, 2.24) is 24.3 Å². The molecule has 4 aromatic rings. The largest absolute Gasteiger partial charge is 0.406 e. The molecule has 2 aliphatic heterocycles. The predicted octanol–water partition coefficient (Wildman–Crippen LogP) is 5.06. The van der Waals surface area contributed by atoms with Crippen LogP contribution in [0.15, 0.2) is 60.8 Å². The SMILES string of the molecule is O=C(Nc1ccc(C(=O)N2CCN(C3CC3)CC2)cc1)Nc1ccc(-c2nc(N3CCOCC3)c3ccn(CC(F)(F)F)c3n2)cc1. The van der Waals surface area contributed by atoms with Crippen molar-refractivity contribution in [2.45, 2.75) is 31.6 Å². The van der Waals surface area contributed by atoms with E-state index in [0.29, 0.717) is 66.1 Å². The maximum atomic E-state index is 13.3. The van der Waals surface area contributed by atoms with Crippen LogP contribution < -0.4 is 15.5 Å². The van der Waals surface area contributed by atoms with Crippen molar-refractivity contribution in [2.75, 3.05) is 68.0 Å². The number of fused-ring (bicyclic) bond motifs is 1. The number of rotatable bonds is 7. The van der Waals surface area contributed by atoms with Gasteiger partial charge in [0.15, 0.2) is 5.82 Å². The molecule has 2 saturated heterocycles. The van der Waals surface area contributed by atoms with Crippen LogP contribution in [0.1, 0.15) is 23.2 Å². The van der Waals surface area contributed by atoms with Crippen molar-refractivity contribution in [3.05, 3.63) is 66.4 Å². The van der Waals surface area contributed by atoms with Crippen LogP contribution in [0, 0.1) is 0 Å². The van der Waals surface area contributed by atoms with Crippen molar-refractivity contribution in [2.24, 2.45) is 0 Å². The fourth-order valence-electron chi connectivity index (χ4n) is 6.12. The third-order valence-electron chi connectivity index (χ3n) is 8.71. The van der Waals surface area contributed by atoms with E-state index in [1.54, 1.807) is 54.6 Å². The van der Waals surface area contributed by atoms with Gasteiger partial charge in [-0.1, -0.05) is 0 Å². The molecule has 47 heavy (non-hydrogen) atoms. The van der Waals surface area contributed by atoms with Gasteiger partial charge in [-0.2, -0.15) is 13.2 Å². The zero-order chi connectivity index (χ0) is 32.5. The highest BCUT2D eigenvalue weighted by atomic mass is 19.4. The van der Waals surface area contributed by atoms with Gasteiger partial charge in [0.25, 0.3) is 5.91 Å². The van der Waals surface area contributed by atoms with Crippen LogP contribution in [-0.2, 0) is 11.3 Å². The molecular weight excluding hydrogens is 613 g/mol. The number of morpholine rings is 1. The van der Waals surface area contributed by atoms with E-state index in [1.165, 1.54) is 19.0 Å². The average molecular weight is 649 g/mol. The first-order valence-electron chi connectivity index (χ1n) is 15.8. The fourth-order valence-corrected chi connectivity index (χ4v) is 6.12. The number of urea groups is 1. The van der Waals surface area contributed by atoms with Gasteiger partial charge in [-0.25, -0.2) is 14.8 Å². The van der Waals surface area contributed by atoms with E-state index in [4.69, 9.17) is 9.72 Å². The Morgan fingerprint density at radius 2 is 1.47 bits per heavy atom. The van der Waals surface area contributed by atoms with Gasteiger partial charge in [-0.3, -0.25) is 9.69 Å². The Hall–Kier alpha value is -4.69. The Kier molecular flexibility index (Phi) is 8.45. The first-order valence-corrected chi connectivity index (χ1v) is 15.8. The molecule has 3 amide bonds. The number of nitrogens with one attached hydrogen (secondary N) is 2. The molecule has 4 heterocycles. The van der Waals surface area contributed by atoms with Crippen molar-refractivity contribution >= 4 is 40.2 Å². The van der Waals surface area contributed by atoms with Gasteiger partial charge in [-0.05, 0) is 67.4 Å². The normalized spacial score (nSPS) is 17.6. The molecule has 0 bridgehead atoms. The predicted molar refractivity (Wildman–Crippen MR) is 172 cm³/mol. The van der Waals surface area contributed by atoms with Crippen LogP contribution in [0.5, 0.6) is 0 Å². The minimum absolute atomic E-state index is 0.00900. The van der Waals surface area contributed by atoms with Crippen molar-refractivity contribution in [1.29, 1.82) is 0 Å². The molecule has 14 heteroatoms. The molecule has 0 radical (unpaired) electrons. The number of carbonyl (C=O) groups excluding carboxylic acids is 2. The van der Waals surface area contributed by atoms with E-state index in [9.17, 15) is 22.8 Å². The maximum absolute atomic E-state index is 13.3. The van der Waals surface area contributed by atoms with Gasteiger partial charge in [0, 0.05) is 74.0 Å². The van der Waals surface area contributed by atoms with E-state index in [-0.39, 0.29) is 17.4 Å². The molecule has 0 spiro atoms. The first kappa shape index (κ1) is 30.9. The number of halogens is 3. The average Bonchev–Trinajstić information content (AvgIpc) is 3.86. The number of benzene rings is 2. The molecule has 1 saturated carbocycles. The maximum Gasteiger partial charge on any atom is 0.406 e. The van der Waals surface area contributed by atoms with Gasteiger partial charge < -0.3 is 29.7 Å². The number of anilines is 3. The number of piperazine rings is 1. The van der Waals surface area contributed by atoms with E-state index < -0.39 is 18.8 Å². The lowest BCUT2D eigenvalue weighted by Crippen LogP contribution is -2.49. The third kappa shape index (κ3) is 7.18. The smallest absolute Gasteiger partial charge is 0.378 e. The van der Waals surface area contributed by atoms with Crippen molar-refractivity contribution < 1.29 is 27.5 Å². The zero-order valence-corrected chi connectivity index (χ0v) is 25.7. The summed E-state index contributed by atoms with van der Waals surface area (Å²) < 4.78 is 46.5. The van der Waals surface area contributed by atoms with E-state index in [2.05, 4.69) is 20.5 Å². The molecule has 11 nitrogen and oxygen atoms in total. The van der Waals surface area contributed by atoms with E-state index >= 15 is 0 Å². The molecule has 0 unspecified atom stereocenters. The summed E-state index contributed by atoms with van der Waals surface area (Å²) in [5.74, 6) is 0.821. The second-order valence-electron chi connectivity index (χ2n) is 12.1. The van der Waals surface area contributed by atoms with E-state index in [0.717, 1.165) is 30.7 Å². The molecule has 0 atom stereocenters. The lowest BCUT2D eigenvalue weighted by molar-refractivity contribution is -0.139. The summed E-state index contributed by atoms with van der Waals surface area (Å²) in [6, 6.07) is 15.5. The van der Waals surface area contributed by atoms with Crippen LogP contribution in [-0.4, -0.2) is 101 Å². The summed E-state index contributed by atoms with van der Waals surface area (Å²) in [6.45, 7) is 4.20. The molecule has 2 aromatic carbocycles. The van der Waals surface area contributed by atoms with Gasteiger partial charge in [-0.15, -0.1) is 0 Å². The second-order valence-corrected chi connectivity index (χ2v) is 12.1. The Morgan fingerprint density at radius 3 is 2.09 bits per heavy atom. The number of alkyl halides is 3. The second kappa shape index (κ2) is 12.8. The lowest BCUT2D eigenvalue weighted by atomic mass is 10.1. The highest BCUT2D eigenvalue weighted by molar-refractivity contribution is 6.00. The molecule has 3 aliphatic rings. The monoisotopic (exact) mass is 648 g/mol. The standard InChI is InChI=1S/C33H35F3N8O3/c34-33(35,36)21-44-12-11-27-29(42-17-19-47-20-18-42)39-28(40-30(27)44)22-1-5-24(6-2-22)37-32(46)38-25-7-3-23(4-8-25)31(45)43-15-13-41(14-16-43)26-9-10-26/h1-8,11-12,26H,9-10,13-21H2,(H2,37,38,46). The number of carbonyl (C=O) groups is 2. The topological polar surface area (TPSA) is 108 Å². The lowest BCUT2D eigenvalue weighted by Gasteiger charge is -2.34. The Balaban J connectivity index is 1.01. The van der Waals surface area contributed by atoms with Gasteiger partial charge in [0.05, 0.1) is 18.6 Å². The minimum atomic E-state index is -4.41. The van der Waals surface area contributed by atoms with E-state index in [1.807, 2.05) is 9.80 Å². The van der Waals surface area contributed by atoms with Gasteiger partial charge >= 0.3 is 12.2 Å². The number of nitrogens with zero attached hydrogens (tertiary/aromatic N) is 6. The molecule has 1 aliphatic carbocycles. The fraction of sp³-hybridized carbons (Fsp3) is 0.394. The van der Waals surface area contributed by atoms with Gasteiger partial charge in [0.2, 0.25) is 0 Å². The zero-order valence-electron chi connectivity index (χ0n) is 25.7. The van der Waals surface area contributed by atoms with Gasteiger partial charge in [0.1, 0.15) is 18.0 Å². The number of amides is 3. The summed E-state index contributed by atoms with van der Waals surface area (Å²) in [5.41, 5.74) is 2.39. The highest BCUT2D eigenvalue weighted by Gasteiger charge is 2.33. The van der Waals surface area contributed by atoms with Crippen LogP contribution in [0.2, 0.25) is 0 Å². The van der Waals surface area contributed by atoms with Crippen molar-refractivity contribution in [3.8, 4) is 11.4 Å². The summed E-state index contributed by atoms with van der Waals surface area (Å²) >= 11 is 0. The van der Waals surface area contributed by atoms with Crippen LogP contribution in [0.3, 0.4) is 0 Å². The van der Waals surface area contributed by atoms with Crippen LogP contribution >= 0.6 is 0 Å². The first-order chi connectivity index (χ1) is 22.7. The molecule has 2 N–H and O–H groups in total. The summed E-state index contributed by atoms with van der Waals surface area (Å²) in [4.78, 5) is 41.3. The summed E-state index contributed by atoms with van der Waals surface area (Å²) in [6.07, 6.45) is -0.505. The quantitative estimate of drug-likeness (QED) is 0.289. The number of ether oxygens (including phenoxy) is 1. The Morgan fingerprint density at radius 1 is 0.830 bits per heavy atom. The summed E-state index contributed by atoms with van der Waals surface area (Å²) in [7, 11) is 0. The summed E-state index contributed by atoms with van der Waals surface area (Å²) in [5, 5.41) is 6.10. The molecule has 7 rings (SSSR count). The molecular formula is C33H35F3N8O3. The number of hydrogen-bond donors (Lipinski definition) is 2. The van der Waals surface area contributed by atoms with Crippen LogP contribution in [0.4, 0.5) is 35.2 Å². The minimum Gasteiger partial charge on any atom is -0.378 e. The number of aromatic nitrogens is 3. The van der Waals surface area contributed by atoms with Crippen LogP contribution in [0.25, 0.3) is 22.4 Å². The highest BCUT2D eigenvalue weighted by Crippen LogP contribution is 2.31. The Labute approximate surface area is 269 Å².